The lowest BCUT2D eigenvalue weighted by atomic mass is 9.92. The van der Waals surface area contributed by atoms with Crippen LogP contribution in [0.4, 0.5) is 0 Å². The van der Waals surface area contributed by atoms with Crippen LogP contribution in [-0.4, -0.2) is 56.0 Å². The predicted molar refractivity (Wildman–Crippen MR) is 113 cm³/mol. The first-order chi connectivity index (χ1) is 14.0. The number of fused-ring (bicyclic) bond motifs is 1. The zero-order valence-electron chi connectivity index (χ0n) is 17.9. The monoisotopic (exact) mass is 399 g/mol. The highest BCUT2D eigenvalue weighted by Gasteiger charge is 2.31. The lowest BCUT2D eigenvalue weighted by molar-refractivity contribution is -0.132. The number of nitrogens with one attached hydrogen (secondary N) is 1. The van der Waals surface area contributed by atoms with Gasteiger partial charge in [-0.25, -0.2) is 9.50 Å². The second-order valence-corrected chi connectivity index (χ2v) is 8.82. The Labute approximate surface area is 172 Å². The molecule has 1 atom stereocenters. The summed E-state index contributed by atoms with van der Waals surface area (Å²) in [5.74, 6) is 0.543. The van der Waals surface area contributed by atoms with E-state index in [1.165, 1.54) is 4.52 Å². The molecule has 1 amide bonds. The van der Waals surface area contributed by atoms with Gasteiger partial charge in [-0.3, -0.25) is 14.7 Å². The summed E-state index contributed by atoms with van der Waals surface area (Å²) in [4.78, 5) is 34.5. The van der Waals surface area contributed by atoms with E-state index in [0.717, 1.165) is 63.1 Å². The molecule has 1 N–H and O–H groups in total. The summed E-state index contributed by atoms with van der Waals surface area (Å²) < 4.78 is 1.53. The number of amides is 1. The van der Waals surface area contributed by atoms with Crippen molar-refractivity contribution in [2.24, 2.45) is 0 Å². The van der Waals surface area contributed by atoms with Gasteiger partial charge in [-0.15, -0.1) is 0 Å². The van der Waals surface area contributed by atoms with Gasteiger partial charge in [-0.05, 0) is 59.0 Å². The molecule has 4 rings (SSSR count). The van der Waals surface area contributed by atoms with Crippen LogP contribution in [0.5, 0.6) is 0 Å². The van der Waals surface area contributed by atoms with Gasteiger partial charge in [-0.1, -0.05) is 6.92 Å². The standard InChI is InChI=1S/C22H33N5O2/c1-4-6-21(28)26-10-5-7-19(26)18-13-20-23-17(14-22(29)27(20)24-18)16-8-11-25(12-9-16)15(2)3/h13-16,19,24H,4-12H2,1-3H3. The molecule has 0 aliphatic carbocycles. The molecule has 2 aromatic heterocycles. The average Bonchev–Trinajstić information content (AvgIpc) is 3.35. The van der Waals surface area contributed by atoms with E-state index in [2.05, 4.69) is 23.8 Å². The van der Waals surface area contributed by atoms with Crippen LogP contribution in [0.2, 0.25) is 0 Å². The largest absolute Gasteiger partial charge is 0.334 e. The Bertz CT molecular complexity index is 923. The number of hydrogen-bond donors (Lipinski definition) is 1. The number of nitrogens with zero attached hydrogens (tertiary/aromatic N) is 4. The topological polar surface area (TPSA) is 73.7 Å². The van der Waals surface area contributed by atoms with E-state index in [4.69, 9.17) is 4.98 Å². The van der Waals surface area contributed by atoms with Gasteiger partial charge in [0.25, 0.3) is 5.56 Å². The number of H-pyrrole nitrogens is 1. The van der Waals surface area contributed by atoms with Crippen LogP contribution in [0, 0.1) is 0 Å². The summed E-state index contributed by atoms with van der Waals surface area (Å²) in [6.07, 6.45) is 5.44. The van der Waals surface area contributed by atoms with E-state index in [0.29, 0.717) is 24.0 Å². The molecular weight excluding hydrogens is 366 g/mol. The molecular formula is C22H33N5O2. The Kier molecular flexibility index (Phi) is 5.76. The van der Waals surface area contributed by atoms with Gasteiger partial charge in [0.2, 0.25) is 5.91 Å². The number of carbonyl (C=O) groups excluding carboxylic acids is 1. The van der Waals surface area contributed by atoms with Crippen LogP contribution in [0.1, 0.15) is 82.6 Å². The highest BCUT2D eigenvalue weighted by Crippen LogP contribution is 2.32. The lowest BCUT2D eigenvalue weighted by Gasteiger charge is -2.34. The van der Waals surface area contributed by atoms with E-state index < -0.39 is 0 Å². The molecule has 2 saturated heterocycles. The molecule has 7 heteroatoms. The molecule has 0 radical (unpaired) electrons. The maximum Gasteiger partial charge on any atom is 0.272 e. The van der Waals surface area contributed by atoms with Gasteiger partial charge < -0.3 is 9.80 Å². The number of aromatic nitrogens is 3. The van der Waals surface area contributed by atoms with Crippen molar-refractivity contribution in [3.63, 3.8) is 0 Å². The van der Waals surface area contributed by atoms with Crippen molar-refractivity contribution in [1.29, 1.82) is 0 Å². The van der Waals surface area contributed by atoms with Crippen LogP contribution in [0.15, 0.2) is 16.9 Å². The molecule has 2 aliphatic heterocycles. The predicted octanol–water partition coefficient (Wildman–Crippen LogP) is 3.07. The van der Waals surface area contributed by atoms with Gasteiger partial charge in [0.05, 0.1) is 17.4 Å². The molecule has 0 bridgehead atoms. The van der Waals surface area contributed by atoms with Crippen LogP contribution in [-0.2, 0) is 4.79 Å². The summed E-state index contributed by atoms with van der Waals surface area (Å²) in [5.41, 5.74) is 2.44. The minimum Gasteiger partial charge on any atom is -0.334 e. The number of likely N-dealkylation sites (tertiary alicyclic amines) is 2. The third-order valence-electron chi connectivity index (χ3n) is 6.56. The van der Waals surface area contributed by atoms with Gasteiger partial charge in [0.15, 0.2) is 5.65 Å². The smallest absolute Gasteiger partial charge is 0.272 e. The Morgan fingerprint density at radius 3 is 2.66 bits per heavy atom. The van der Waals surface area contributed by atoms with Crippen molar-refractivity contribution < 1.29 is 4.79 Å². The van der Waals surface area contributed by atoms with Crippen molar-refractivity contribution in [3.05, 3.63) is 33.9 Å². The fourth-order valence-electron chi connectivity index (χ4n) is 4.87. The summed E-state index contributed by atoms with van der Waals surface area (Å²) in [5, 5.41) is 3.22. The fourth-order valence-corrected chi connectivity index (χ4v) is 4.87. The second kappa shape index (κ2) is 8.30. The first-order valence-corrected chi connectivity index (χ1v) is 11.1. The van der Waals surface area contributed by atoms with Crippen LogP contribution >= 0.6 is 0 Å². The van der Waals surface area contributed by atoms with Crippen molar-refractivity contribution in [1.82, 2.24) is 24.4 Å². The number of piperidine rings is 1. The van der Waals surface area contributed by atoms with E-state index in [1.54, 1.807) is 6.07 Å². The second-order valence-electron chi connectivity index (χ2n) is 8.82. The molecule has 0 spiro atoms. The summed E-state index contributed by atoms with van der Waals surface area (Å²) in [6, 6.07) is 4.25. The minimum absolute atomic E-state index is 0.0212. The van der Waals surface area contributed by atoms with Crippen molar-refractivity contribution in [2.75, 3.05) is 19.6 Å². The number of rotatable bonds is 5. The highest BCUT2D eigenvalue weighted by molar-refractivity contribution is 5.77. The lowest BCUT2D eigenvalue weighted by Crippen LogP contribution is -2.38. The van der Waals surface area contributed by atoms with Crippen molar-refractivity contribution in [3.8, 4) is 0 Å². The molecule has 4 heterocycles. The van der Waals surface area contributed by atoms with Crippen LogP contribution in [0.3, 0.4) is 0 Å². The molecule has 2 aliphatic rings. The summed E-state index contributed by atoms with van der Waals surface area (Å²) in [6.45, 7) is 9.39. The van der Waals surface area contributed by atoms with Gasteiger partial charge in [-0.2, -0.15) is 0 Å². The fraction of sp³-hybridized carbons (Fsp3) is 0.682. The number of hydrogen-bond acceptors (Lipinski definition) is 4. The van der Waals surface area contributed by atoms with E-state index in [9.17, 15) is 9.59 Å². The molecule has 0 aromatic carbocycles. The first kappa shape index (κ1) is 20.1. The maximum absolute atomic E-state index is 12.8. The Balaban J connectivity index is 1.58. The van der Waals surface area contributed by atoms with E-state index in [1.807, 2.05) is 17.9 Å². The Morgan fingerprint density at radius 2 is 1.97 bits per heavy atom. The van der Waals surface area contributed by atoms with E-state index >= 15 is 0 Å². The minimum atomic E-state index is -0.0630. The molecule has 158 valence electrons. The SMILES string of the molecule is CCCC(=O)N1CCCC1c1cc2nc(C3CCN(C(C)C)CC3)cc(=O)n2[nH]1. The van der Waals surface area contributed by atoms with Gasteiger partial charge in [0.1, 0.15) is 0 Å². The summed E-state index contributed by atoms with van der Waals surface area (Å²) >= 11 is 0. The van der Waals surface area contributed by atoms with E-state index in [-0.39, 0.29) is 17.5 Å². The quantitative estimate of drug-likeness (QED) is 0.839. The highest BCUT2D eigenvalue weighted by atomic mass is 16.2. The maximum atomic E-state index is 12.8. The molecule has 7 nitrogen and oxygen atoms in total. The zero-order chi connectivity index (χ0) is 20.5. The molecule has 0 saturated carbocycles. The zero-order valence-corrected chi connectivity index (χ0v) is 17.9. The first-order valence-electron chi connectivity index (χ1n) is 11.1. The average molecular weight is 400 g/mol. The van der Waals surface area contributed by atoms with Crippen molar-refractivity contribution >= 4 is 11.6 Å². The number of carbonyl (C=O) groups is 1. The Morgan fingerprint density at radius 1 is 1.21 bits per heavy atom. The van der Waals surface area contributed by atoms with Crippen LogP contribution < -0.4 is 5.56 Å². The molecule has 29 heavy (non-hydrogen) atoms. The number of aromatic amines is 1. The van der Waals surface area contributed by atoms with Gasteiger partial charge in [0, 0.05) is 37.1 Å². The molecule has 2 aromatic rings. The van der Waals surface area contributed by atoms with Crippen LogP contribution in [0.25, 0.3) is 5.65 Å². The summed E-state index contributed by atoms with van der Waals surface area (Å²) in [7, 11) is 0. The normalized spacial score (nSPS) is 21.5. The third-order valence-corrected chi connectivity index (χ3v) is 6.56. The Hall–Kier alpha value is -2.15. The molecule has 1 unspecified atom stereocenters. The third kappa shape index (κ3) is 3.97. The van der Waals surface area contributed by atoms with Crippen molar-refractivity contribution in [2.45, 2.75) is 77.3 Å². The molecule has 2 fully saturated rings. The van der Waals surface area contributed by atoms with Gasteiger partial charge >= 0.3 is 0 Å².